The van der Waals surface area contributed by atoms with E-state index in [9.17, 15) is 5.11 Å². The van der Waals surface area contributed by atoms with Gasteiger partial charge in [0.25, 0.3) is 0 Å². The highest BCUT2D eigenvalue weighted by Crippen LogP contribution is 2.38. The number of aryl methyl sites for hydroxylation is 2. The van der Waals surface area contributed by atoms with Gasteiger partial charge < -0.3 is 24.4 Å². The molecule has 182 valence electrons. The molecule has 2 aromatic heterocycles. The minimum Gasteiger partial charge on any atom is -0.491 e. The molecule has 2 N–H and O–H groups in total. The molecule has 1 aliphatic heterocycles. The van der Waals surface area contributed by atoms with E-state index < -0.39 is 6.10 Å². The third kappa shape index (κ3) is 5.25. The molecule has 0 saturated carbocycles. The van der Waals surface area contributed by atoms with Gasteiger partial charge in [-0.05, 0) is 64.4 Å². The number of hydrogen-bond acceptors (Lipinski definition) is 8. The molecular formula is C25H31ClN4O4. The van der Waals surface area contributed by atoms with Crippen molar-refractivity contribution in [2.24, 2.45) is 0 Å². The maximum Gasteiger partial charge on any atom is 0.161 e. The first-order valence-corrected chi connectivity index (χ1v) is 11.9. The van der Waals surface area contributed by atoms with Crippen molar-refractivity contribution < 1.29 is 19.1 Å². The number of nitrogens with zero attached hydrogens (tertiary/aromatic N) is 3. The summed E-state index contributed by atoms with van der Waals surface area (Å²) in [6.07, 6.45) is 1.18. The maximum absolute atomic E-state index is 9.99. The quantitative estimate of drug-likeness (QED) is 0.487. The van der Waals surface area contributed by atoms with Crippen LogP contribution in [0.4, 0.5) is 0 Å². The second-order valence-corrected chi connectivity index (χ2v) is 9.06. The van der Waals surface area contributed by atoms with Gasteiger partial charge in [0.15, 0.2) is 5.82 Å². The van der Waals surface area contributed by atoms with Gasteiger partial charge in [-0.1, -0.05) is 16.8 Å². The highest BCUT2D eigenvalue weighted by atomic mass is 35.5. The summed E-state index contributed by atoms with van der Waals surface area (Å²) in [5.74, 6) is 2.09. The Bertz CT molecular complexity index is 1120. The fourth-order valence-electron chi connectivity index (χ4n) is 4.34. The highest BCUT2D eigenvalue weighted by molar-refractivity contribution is 6.33. The first-order valence-electron chi connectivity index (χ1n) is 11.5. The van der Waals surface area contributed by atoms with Crippen LogP contribution in [0.3, 0.4) is 0 Å². The van der Waals surface area contributed by atoms with Crippen LogP contribution in [-0.4, -0.2) is 59.7 Å². The summed E-state index contributed by atoms with van der Waals surface area (Å²) in [7, 11) is 1.78. The topological polar surface area (TPSA) is 103 Å². The van der Waals surface area contributed by atoms with E-state index in [1.807, 2.05) is 19.9 Å². The number of aliphatic hydroxyl groups excluding tert-OH is 1. The number of aromatic nitrogens is 3. The van der Waals surface area contributed by atoms with Gasteiger partial charge in [-0.3, -0.25) is 0 Å². The monoisotopic (exact) mass is 486 g/mol. The molecule has 34 heavy (non-hydrogen) atoms. The van der Waals surface area contributed by atoms with Crippen molar-refractivity contribution in [1.29, 1.82) is 0 Å². The molecule has 1 aliphatic rings. The molecule has 0 spiro atoms. The number of hydrogen-bond donors (Lipinski definition) is 2. The molecule has 9 heteroatoms. The van der Waals surface area contributed by atoms with Crippen LogP contribution in [0.15, 0.2) is 22.7 Å². The van der Waals surface area contributed by atoms with Gasteiger partial charge in [-0.25, -0.2) is 9.97 Å². The maximum atomic E-state index is 9.99. The molecule has 4 rings (SSSR count). The molecule has 0 radical (unpaired) electrons. The van der Waals surface area contributed by atoms with Crippen molar-refractivity contribution in [3.05, 3.63) is 45.9 Å². The minimum absolute atomic E-state index is 0.161. The van der Waals surface area contributed by atoms with E-state index in [0.29, 0.717) is 47.7 Å². The standard InChI is InChI=1S/C25H31ClN4O4/c1-14-23(17-7-9-32-10-8-17)28-25(29-24(14)22-15(2)30-34-16(22)3)20-11-19(5-6-21(20)26)33-13-18(31)12-27-4/h5-6,11,17-18,27,31H,7-10,12-13H2,1-4H3/t18-/m1/s1. The second-order valence-electron chi connectivity index (χ2n) is 8.66. The lowest BCUT2D eigenvalue weighted by atomic mass is 9.91. The number of aliphatic hydroxyl groups is 1. The Kier molecular flexibility index (Phi) is 7.83. The van der Waals surface area contributed by atoms with Crippen LogP contribution in [0.5, 0.6) is 5.75 Å². The molecule has 1 aromatic carbocycles. The van der Waals surface area contributed by atoms with E-state index >= 15 is 0 Å². The number of rotatable bonds is 8. The lowest BCUT2D eigenvalue weighted by Crippen LogP contribution is -2.29. The molecule has 0 bridgehead atoms. The van der Waals surface area contributed by atoms with Crippen molar-refractivity contribution in [1.82, 2.24) is 20.4 Å². The molecule has 0 aliphatic carbocycles. The van der Waals surface area contributed by atoms with E-state index in [0.717, 1.165) is 41.1 Å². The molecule has 3 aromatic rings. The Morgan fingerprint density at radius 2 is 1.97 bits per heavy atom. The van der Waals surface area contributed by atoms with Crippen molar-refractivity contribution in [3.63, 3.8) is 0 Å². The zero-order valence-electron chi connectivity index (χ0n) is 20.0. The average Bonchev–Trinajstić information content (AvgIpc) is 3.17. The molecule has 1 saturated heterocycles. The first-order chi connectivity index (χ1) is 16.4. The van der Waals surface area contributed by atoms with Crippen LogP contribution >= 0.6 is 11.6 Å². The van der Waals surface area contributed by atoms with Gasteiger partial charge in [0.1, 0.15) is 24.2 Å². The summed E-state index contributed by atoms with van der Waals surface area (Å²) in [4.78, 5) is 9.95. The second kappa shape index (κ2) is 10.8. The summed E-state index contributed by atoms with van der Waals surface area (Å²) in [6, 6.07) is 5.37. The van der Waals surface area contributed by atoms with Crippen LogP contribution < -0.4 is 10.1 Å². The third-order valence-corrected chi connectivity index (χ3v) is 6.45. The molecule has 8 nitrogen and oxygen atoms in total. The number of ether oxygens (including phenoxy) is 2. The molecule has 1 fully saturated rings. The largest absolute Gasteiger partial charge is 0.491 e. The van der Waals surface area contributed by atoms with Crippen molar-refractivity contribution >= 4 is 11.6 Å². The van der Waals surface area contributed by atoms with Gasteiger partial charge in [-0.15, -0.1) is 0 Å². The highest BCUT2D eigenvalue weighted by Gasteiger charge is 2.26. The SMILES string of the molecule is CNC[C@@H](O)COc1ccc(Cl)c(-c2nc(-c3c(C)noc3C)c(C)c(C3CCOCC3)n2)c1. The van der Waals surface area contributed by atoms with Gasteiger partial charge in [0.2, 0.25) is 0 Å². The fraction of sp³-hybridized carbons (Fsp3) is 0.480. The summed E-state index contributed by atoms with van der Waals surface area (Å²) >= 11 is 6.62. The zero-order valence-corrected chi connectivity index (χ0v) is 20.8. The third-order valence-electron chi connectivity index (χ3n) is 6.12. The van der Waals surface area contributed by atoms with Crippen molar-refractivity contribution in [2.45, 2.75) is 45.6 Å². The predicted molar refractivity (Wildman–Crippen MR) is 130 cm³/mol. The summed E-state index contributed by atoms with van der Waals surface area (Å²) in [6.45, 7) is 7.89. The molecular weight excluding hydrogens is 456 g/mol. The van der Waals surface area contributed by atoms with Crippen molar-refractivity contribution in [2.75, 3.05) is 33.4 Å². The first kappa shape index (κ1) is 24.6. The minimum atomic E-state index is -0.619. The van der Waals surface area contributed by atoms with Crippen LogP contribution in [0, 0.1) is 20.8 Å². The molecule has 0 amide bonds. The molecule has 0 unspecified atom stereocenters. The van der Waals surface area contributed by atoms with E-state index in [2.05, 4.69) is 17.4 Å². The fourth-order valence-corrected chi connectivity index (χ4v) is 4.54. The van der Waals surface area contributed by atoms with Gasteiger partial charge in [0, 0.05) is 31.2 Å². The normalized spacial score (nSPS) is 15.5. The Morgan fingerprint density at radius 1 is 1.21 bits per heavy atom. The van der Waals surface area contributed by atoms with Crippen LogP contribution in [-0.2, 0) is 4.74 Å². The number of benzene rings is 1. The smallest absolute Gasteiger partial charge is 0.161 e. The summed E-state index contributed by atoms with van der Waals surface area (Å²) in [5, 5.41) is 17.6. The molecule has 1 atom stereocenters. The van der Waals surface area contributed by atoms with E-state index in [-0.39, 0.29) is 12.5 Å². The zero-order chi connectivity index (χ0) is 24.2. The number of halogens is 1. The Labute approximate surface area is 204 Å². The summed E-state index contributed by atoms with van der Waals surface area (Å²) < 4.78 is 16.8. The Hall–Kier alpha value is -2.52. The number of likely N-dealkylation sites (N-methyl/N-ethyl adjacent to an activating group) is 1. The van der Waals surface area contributed by atoms with E-state index in [1.165, 1.54) is 0 Å². The van der Waals surface area contributed by atoms with E-state index in [4.69, 9.17) is 35.6 Å². The lowest BCUT2D eigenvalue weighted by Gasteiger charge is -2.24. The number of nitrogens with one attached hydrogen (secondary N) is 1. The van der Waals surface area contributed by atoms with Gasteiger partial charge in [0.05, 0.1) is 27.7 Å². The summed E-state index contributed by atoms with van der Waals surface area (Å²) in [5.41, 5.74) is 5.15. The van der Waals surface area contributed by atoms with Crippen LogP contribution in [0.2, 0.25) is 5.02 Å². The van der Waals surface area contributed by atoms with Crippen LogP contribution in [0.25, 0.3) is 22.6 Å². The Morgan fingerprint density at radius 3 is 2.65 bits per heavy atom. The molecule has 3 heterocycles. The van der Waals surface area contributed by atoms with E-state index in [1.54, 1.807) is 19.2 Å². The van der Waals surface area contributed by atoms with Crippen molar-refractivity contribution in [3.8, 4) is 28.4 Å². The van der Waals surface area contributed by atoms with Gasteiger partial charge in [-0.2, -0.15) is 0 Å². The predicted octanol–water partition coefficient (Wildman–Crippen LogP) is 4.23. The van der Waals surface area contributed by atoms with Crippen LogP contribution in [0.1, 0.15) is 41.5 Å². The Balaban J connectivity index is 1.80. The van der Waals surface area contributed by atoms with Gasteiger partial charge >= 0.3 is 0 Å². The average molecular weight is 487 g/mol. The lowest BCUT2D eigenvalue weighted by molar-refractivity contribution is 0.0844.